The predicted octanol–water partition coefficient (Wildman–Crippen LogP) is 4.34. The molecular formula is C24H23F3N6O. The number of pyridine rings is 1. The van der Waals surface area contributed by atoms with Gasteiger partial charge in [-0.2, -0.15) is 13.2 Å². The van der Waals surface area contributed by atoms with E-state index in [0.29, 0.717) is 35.9 Å². The Bertz CT molecular complexity index is 1280. The summed E-state index contributed by atoms with van der Waals surface area (Å²) in [5.74, 6) is 0.989. The Morgan fingerprint density at radius 2 is 1.97 bits per heavy atom. The third-order valence-corrected chi connectivity index (χ3v) is 5.76. The van der Waals surface area contributed by atoms with Gasteiger partial charge in [-0.15, -0.1) is 0 Å². The molecule has 1 fully saturated rings. The quantitative estimate of drug-likeness (QED) is 0.594. The van der Waals surface area contributed by atoms with Crippen molar-refractivity contribution in [2.75, 3.05) is 13.7 Å². The first-order valence-electron chi connectivity index (χ1n) is 10.8. The summed E-state index contributed by atoms with van der Waals surface area (Å²) in [6, 6.07) is 9.35. The summed E-state index contributed by atoms with van der Waals surface area (Å²) in [7, 11) is 1.54. The second-order valence-electron chi connectivity index (χ2n) is 8.04. The van der Waals surface area contributed by atoms with E-state index in [1.807, 2.05) is 40.9 Å². The molecule has 0 bridgehead atoms. The van der Waals surface area contributed by atoms with Gasteiger partial charge in [0.25, 0.3) is 0 Å². The molecular weight excluding hydrogens is 445 g/mol. The molecule has 1 atom stereocenters. The number of allylic oxidation sites excluding steroid dienone is 2. The number of nitrogens with zero attached hydrogens (tertiary/aromatic N) is 4. The third kappa shape index (κ3) is 4.01. The zero-order valence-corrected chi connectivity index (χ0v) is 18.6. The topological polar surface area (TPSA) is 67.2 Å². The third-order valence-electron chi connectivity index (χ3n) is 5.76. The van der Waals surface area contributed by atoms with Crippen LogP contribution in [0.5, 0.6) is 5.88 Å². The van der Waals surface area contributed by atoms with E-state index in [9.17, 15) is 13.2 Å². The minimum absolute atomic E-state index is 0.125. The molecule has 0 saturated carbocycles. The normalized spacial score (nSPS) is 18.0. The zero-order valence-electron chi connectivity index (χ0n) is 18.6. The van der Waals surface area contributed by atoms with Gasteiger partial charge in [-0.3, -0.25) is 5.01 Å². The van der Waals surface area contributed by atoms with Crippen LogP contribution in [0.25, 0.3) is 11.3 Å². The van der Waals surface area contributed by atoms with Crippen molar-refractivity contribution in [2.45, 2.75) is 25.7 Å². The van der Waals surface area contributed by atoms with Crippen LogP contribution in [0.2, 0.25) is 0 Å². The summed E-state index contributed by atoms with van der Waals surface area (Å²) >= 11 is 0. The van der Waals surface area contributed by atoms with E-state index in [2.05, 4.69) is 20.7 Å². The monoisotopic (exact) mass is 468 g/mol. The van der Waals surface area contributed by atoms with Crippen molar-refractivity contribution in [1.82, 2.24) is 30.3 Å². The first-order chi connectivity index (χ1) is 16.3. The van der Waals surface area contributed by atoms with Gasteiger partial charge in [-0.05, 0) is 37.1 Å². The molecule has 0 radical (unpaired) electrons. The van der Waals surface area contributed by atoms with Gasteiger partial charge in [0.05, 0.1) is 30.4 Å². The van der Waals surface area contributed by atoms with Gasteiger partial charge in [-0.25, -0.2) is 15.4 Å². The van der Waals surface area contributed by atoms with Crippen molar-refractivity contribution >= 4 is 5.57 Å². The van der Waals surface area contributed by atoms with Crippen LogP contribution in [-0.4, -0.2) is 33.2 Å². The highest BCUT2D eigenvalue weighted by molar-refractivity contribution is 5.79. The first kappa shape index (κ1) is 22.0. The number of aromatic nitrogens is 3. The number of halogens is 3. The van der Waals surface area contributed by atoms with Crippen LogP contribution >= 0.6 is 0 Å². The summed E-state index contributed by atoms with van der Waals surface area (Å²) in [6.07, 6.45) is 2.96. The fraction of sp³-hybridized carbons (Fsp3) is 0.250. The van der Waals surface area contributed by atoms with E-state index in [1.165, 1.54) is 12.1 Å². The average Bonchev–Trinajstić information content (AvgIpc) is 3.39. The number of nitrogens with one attached hydrogen (secondary N) is 2. The molecule has 1 saturated heterocycles. The summed E-state index contributed by atoms with van der Waals surface area (Å²) in [6.45, 7) is 2.49. The van der Waals surface area contributed by atoms with Crippen LogP contribution in [0.15, 0.2) is 66.9 Å². The standard InChI is InChI=1S/C24H23F3N6O/c1-15-13-32(14-28-15)20-11-10-19(29-23(20)34-2)21-30-22-17(8-5-6-12-33(22)31-21)16-7-3-4-9-18(16)24(25,26)27/h3-5,7-11,13-14,21,30-31H,6,12H2,1-2H3. The van der Waals surface area contributed by atoms with Crippen molar-refractivity contribution in [1.29, 1.82) is 0 Å². The number of imidazole rings is 1. The molecule has 1 unspecified atom stereocenters. The maximum atomic E-state index is 13.7. The van der Waals surface area contributed by atoms with Crippen molar-refractivity contribution in [3.05, 3.63) is 89.4 Å². The Balaban J connectivity index is 1.53. The smallest absolute Gasteiger partial charge is 0.417 e. The summed E-state index contributed by atoms with van der Waals surface area (Å²) in [5, 5.41) is 5.17. The first-order valence-corrected chi connectivity index (χ1v) is 10.8. The molecule has 176 valence electrons. The highest BCUT2D eigenvalue weighted by atomic mass is 19.4. The predicted molar refractivity (Wildman–Crippen MR) is 120 cm³/mol. The van der Waals surface area contributed by atoms with Gasteiger partial charge in [0.2, 0.25) is 5.88 Å². The molecule has 0 spiro atoms. The lowest BCUT2D eigenvalue weighted by atomic mass is 9.98. The summed E-state index contributed by atoms with van der Waals surface area (Å²) in [4.78, 5) is 8.89. The van der Waals surface area contributed by atoms with E-state index in [-0.39, 0.29) is 5.56 Å². The number of methoxy groups -OCH3 is 1. The second kappa shape index (κ2) is 8.53. The Labute approximate surface area is 194 Å². The Morgan fingerprint density at radius 3 is 2.71 bits per heavy atom. The Kier molecular flexibility index (Phi) is 5.52. The molecule has 5 rings (SSSR count). The SMILES string of the molecule is COc1nc(C2NC3=C(c4ccccc4C(F)(F)F)C=CCCN3N2)ccc1-n1cnc(C)c1. The lowest BCUT2D eigenvalue weighted by Gasteiger charge is -2.20. The fourth-order valence-corrected chi connectivity index (χ4v) is 4.18. The number of rotatable bonds is 4. The second-order valence-corrected chi connectivity index (χ2v) is 8.04. The minimum atomic E-state index is -4.46. The van der Waals surface area contributed by atoms with Crippen molar-refractivity contribution in [2.24, 2.45) is 0 Å². The van der Waals surface area contributed by atoms with Crippen LogP contribution in [0.4, 0.5) is 13.2 Å². The van der Waals surface area contributed by atoms with Crippen LogP contribution in [-0.2, 0) is 6.18 Å². The summed E-state index contributed by atoms with van der Waals surface area (Å²) < 4.78 is 48.5. The largest absolute Gasteiger partial charge is 0.479 e. The molecule has 34 heavy (non-hydrogen) atoms. The lowest BCUT2D eigenvalue weighted by molar-refractivity contribution is -0.137. The van der Waals surface area contributed by atoms with Crippen LogP contribution in [0, 0.1) is 6.92 Å². The van der Waals surface area contributed by atoms with Gasteiger partial charge < -0.3 is 14.6 Å². The highest BCUT2D eigenvalue weighted by Crippen LogP contribution is 2.38. The summed E-state index contributed by atoms with van der Waals surface area (Å²) in [5.41, 5.74) is 5.50. The van der Waals surface area contributed by atoms with E-state index < -0.39 is 17.9 Å². The van der Waals surface area contributed by atoms with Crippen molar-refractivity contribution in [3.8, 4) is 11.6 Å². The highest BCUT2D eigenvalue weighted by Gasteiger charge is 2.36. The van der Waals surface area contributed by atoms with Crippen LogP contribution in [0.3, 0.4) is 0 Å². The van der Waals surface area contributed by atoms with Gasteiger partial charge in [0.1, 0.15) is 17.7 Å². The van der Waals surface area contributed by atoms with Gasteiger partial charge in [-0.1, -0.05) is 30.4 Å². The van der Waals surface area contributed by atoms with Gasteiger partial charge in [0, 0.05) is 18.3 Å². The molecule has 2 aliphatic heterocycles. The molecule has 0 aliphatic carbocycles. The number of aryl methyl sites for hydroxylation is 1. The van der Waals surface area contributed by atoms with Gasteiger partial charge >= 0.3 is 6.18 Å². The number of hydrogen-bond acceptors (Lipinski definition) is 6. The zero-order chi connectivity index (χ0) is 23.9. The van der Waals surface area contributed by atoms with E-state index in [1.54, 1.807) is 25.6 Å². The average molecular weight is 468 g/mol. The maximum absolute atomic E-state index is 13.7. The number of hydrogen-bond donors (Lipinski definition) is 2. The Morgan fingerprint density at radius 1 is 1.15 bits per heavy atom. The Hall–Kier alpha value is -3.79. The van der Waals surface area contributed by atoms with E-state index in [0.717, 1.165) is 17.4 Å². The number of alkyl halides is 3. The number of hydrazine groups is 1. The molecule has 2 aromatic heterocycles. The van der Waals surface area contributed by atoms with Crippen molar-refractivity contribution < 1.29 is 17.9 Å². The molecule has 7 nitrogen and oxygen atoms in total. The molecule has 1 aromatic carbocycles. The molecule has 0 amide bonds. The van der Waals surface area contributed by atoms with Crippen molar-refractivity contribution in [3.63, 3.8) is 0 Å². The lowest BCUT2D eigenvalue weighted by Crippen LogP contribution is -2.32. The molecule has 2 N–H and O–H groups in total. The number of fused-ring (bicyclic) bond motifs is 1. The minimum Gasteiger partial charge on any atom is -0.479 e. The molecule has 10 heteroatoms. The molecule has 2 aliphatic rings. The van der Waals surface area contributed by atoms with E-state index >= 15 is 0 Å². The van der Waals surface area contributed by atoms with E-state index in [4.69, 9.17) is 4.74 Å². The molecule has 3 aromatic rings. The fourth-order valence-electron chi connectivity index (χ4n) is 4.18. The van der Waals surface area contributed by atoms with Crippen LogP contribution < -0.4 is 15.5 Å². The maximum Gasteiger partial charge on any atom is 0.417 e. The number of ether oxygens (including phenoxy) is 1. The van der Waals surface area contributed by atoms with Gasteiger partial charge in [0.15, 0.2) is 0 Å². The molecule has 4 heterocycles. The number of benzene rings is 1. The van der Waals surface area contributed by atoms with Crippen LogP contribution in [0.1, 0.15) is 35.1 Å².